The zero-order chi connectivity index (χ0) is 10.8. The molecule has 0 fully saturated rings. The van der Waals surface area contributed by atoms with Gasteiger partial charge in [-0.3, -0.25) is 9.36 Å². The molecule has 15 heavy (non-hydrogen) atoms. The maximum atomic E-state index is 11.9. The van der Waals surface area contributed by atoms with Crippen LogP contribution in [0.5, 0.6) is 0 Å². The highest BCUT2D eigenvalue weighted by Gasteiger charge is 2.02. The van der Waals surface area contributed by atoms with E-state index in [9.17, 15) is 4.79 Å². The van der Waals surface area contributed by atoms with Crippen molar-refractivity contribution in [3.63, 3.8) is 0 Å². The molecule has 2 aromatic rings. The molecule has 0 aliphatic carbocycles. The van der Waals surface area contributed by atoms with E-state index >= 15 is 0 Å². The smallest absolute Gasteiger partial charge is 0.257 e. The van der Waals surface area contributed by atoms with Gasteiger partial charge in [0, 0.05) is 17.4 Å². The number of nitrogens with zero attached hydrogens (tertiary/aromatic N) is 1. The summed E-state index contributed by atoms with van der Waals surface area (Å²) in [5.74, 6) is 0. The molecule has 0 saturated heterocycles. The highest BCUT2D eigenvalue weighted by molar-refractivity contribution is 5.34. The second-order valence-electron chi connectivity index (χ2n) is 3.71. The summed E-state index contributed by atoms with van der Waals surface area (Å²) in [6, 6.07) is 11.6. The van der Waals surface area contributed by atoms with Crippen LogP contribution in [0.4, 0.5) is 0 Å². The number of benzene rings is 1. The van der Waals surface area contributed by atoms with Crippen LogP contribution in [0.1, 0.15) is 11.1 Å². The van der Waals surface area contributed by atoms with Crippen LogP contribution in [0.2, 0.25) is 0 Å². The molecule has 0 unspecified atom stereocenters. The Balaban J connectivity index is 2.69. The summed E-state index contributed by atoms with van der Waals surface area (Å²) in [4.78, 5) is 11.9. The van der Waals surface area contributed by atoms with E-state index in [4.69, 9.17) is 0 Å². The lowest BCUT2D eigenvalue weighted by molar-refractivity contribution is 0.957. The van der Waals surface area contributed by atoms with Crippen molar-refractivity contribution in [3.8, 4) is 5.69 Å². The predicted octanol–water partition coefficient (Wildman–Crippen LogP) is 2.45. The Bertz CT molecular complexity index is 526. The Morgan fingerprint density at radius 3 is 2.40 bits per heavy atom. The SMILES string of the molecule is Cc1cc(C)c(=O)n(-c2ccccc2)c1. The van der Waals surface area contributed by atoms with Gasteiger partial charge in [0.05, 0.1) is 0 Å². The van der Waals surface area contributed by atoms with E-state index in [1.807, 2.05) is 56.4 Å². The second kappa shape index (κ2) is 3.73. The first-order chi connectivity index (χ1) is 7.18. The summed E-state index contributed by atoms with van der Waals surface area (Å²) in [7, 11) is 0. The van der Waals surface area contributed by atoms with Gasteiger partial charge in [0.1, 0.15) is 0 Å². The molecule has 0 radical (unpaired) electrons. The Morgan fingerprint density at radius 2 is 1.73 bits per heavy atom. The van der Waals surface area contributed by atoms with E-state index in [-0.39, 0.29) is 5.56 Å². The Labute approximate surface area is 88.8 Å². The van der Waals surface area contributed by atoms with Crippen LogP contribution in [-0.4, -0.2) is 4.57 Å². The lowest BCUT2D eigenvalue weighted by atomic mass is 10.2. The number of aromatic nitrogens is 1. The highest BCUT2D eigenvalue weighted by Crippen LogP contribution is 2.06. The van der Waals surface area contributed by atoms with Gasteiger partial charge in [-0.1, -0.05) is 18.2 Å². The summed E-state index contributed by atoms with van der Waals surface area (Å²) in [6.07, 6.45) is 1.87. The molecule has 1 aromatic carbocycles. The maximum Gasteiger partial charge on any atom is 0.257 e. The minimum Gasteiger partial charge on any atom is -0.284 e. The number of hydrogen-bond acceptors (Lipinski definition) is 1. The van der Waals surface area contributed by atoms with E-state index in [1.165, 1.54) is 0 Å². The number of para-hydroxylation sites is 1. The minimum absolute atomic E-state index is 0.0480. The average Bonchev–Trinajstić information content (AvgIpc) is 2.24. The number of pyridine rings is 1. The molecule has 0 amide bonds. The molecule has 1 aromatic heterocycles. The first-order valence-electron chi connectivity index (χ1n) is 4.94. The molecule has 0 N–H and O–H groups in total. The molecule has 2 rings (SSSR count). The van der Waals surface area contributed by atoms with Crippen molar-refractivity contribution >= 4 is 0 Å². The molecule has 0 saturated carbocycles. The van der Waals surface area contributed by atoms with Crippen molar-refractivity contribution in [2.75, 3.05) is 0 Å². The van der Waals surface area contributed by atoms with E-state index in [0.717, 1.165) is 16.8 Å². The topological polar surface area (TPSA) is 22.0 Å². The largest absolute Gasteiger partial charge is 0.284 e. The summed E-state index contributed by atoms with van der Waals surface area (Å²) in [5, 5.41) is 0. The fourth-order valence-corrected chi connectivity index (χ4v) is 1.67. The normalized spacial score (nSPS) is 10.3. The zero-order valence-electron chi connectivity index (χ0n) is 8.90. The first-order valence-corrected chi connectivity index (χ1v) is 4.94. The lowest BCUT2D eigenvalue weighted by Crippen LogP contribution is -2.20. The summed E-state index contributed by atoms with van der Waals surface area (Å²) in [5.41, 5.74) is 2.83. The van der Waals surface area contributed by atoms with Gasteiger partial charge in [-0.15, -0.1) is 0 Å². The zero-order valence-corrected chi connectivity index (χ0v) is 8.90. The molecule has 76 valence electrons. The van der Waals surface area contributed by atoms with Gasteiger partial charge in [0.25, 0.3) is 5.56 Å². The van der Waals surface area contributed by atoms with Crippen LogP contribution in [0, 0.1) is 13.8 Å². The molecule has 0 atom stereocenters. The van der Waals surface area contributed by atoms with E-state index < -0.39 is 0 Å². The van der Waals surface area contributed by atoms with Crippen molar-refractivity contribution in [2.24, 2.45) is 0 Å². The van der Waals surface area contributed by atoms with Crippen molar-refractivity contribution in [1.29, 1.82) is 0 Å². The Morgan fingerprint density at radius 1 is 1.07 bits per heavy atom. The van der Waals surface area contributed by atoms with Crippen LogP contribution < -0.4 is 5.56 Å². The Hall–Kier alpha value is -1.83. The minimum atomic E-state index is 0.0480. The van der Waals surface area contributed by atoms with Crippen LogP contribution >= 0.6 is 0 Å². The predicted molar refractivity (Wildman–Crippen MR) is 61.5 cm³/mol. The van der Waals surface area contributed by atoms with E-state index in [2.05, 4.69) is 0 Å². The monoisotopic (exact) mass is 199 g/mol. The standard InChI is InChI=1S/C13H13NO/c1-10-8-11(2)13(15)14(9-10)12-6-4-3-5-7-12/h3-9H,1-2H3. The van der Waals surface area contributed by atoms with Gasteiger partial charge in [-0.05, 0) is 37.6 Å². The van der Waals surface area contributed by atoms with Gasteiger partial charge in [-0.2, -0.15) is 0 Å². The van der Waals surface area contributed by atoms with Gasteiger partial charge in [-0.25, -0.2) is 0 Å². The lowest BCUT2D eigenvalue weighted by Gasteiger charge is -2.07. The van der Waals surface area contributed by atoms with Gasteiger partial charge in [0.15, 0.2) is 0 Å². The van der Waals surface area contributed by atoms with Gasteiger partial charge < -0.3 is 0 Å². The molecular weight excluding hydrogens is 186 g/mol. The van der Waals surface area contributed by atoms with Gasteiger partial charge >= 0.3 is 0 Å². The summed E-state index contributed by atoms with van der Waals surface area (Å²) < 4.78 is 1.69. The highest BCUT2D eigenvalue weighted by atomic mass is 16.1. The van der Waals surface area contributed by atoms with Crippen LogP contribution in [0.15, 0.2) is 47.4 Å². The van der Waals surface area contributed by atoms with Crippen LogP contribution in [-0.2, 0) is 0 Å². The first kappa shape index (κ1) is 9.71. The fraction of sp³-hybridized carbons (Fsp3) is 0.154. The number of rotatable bonds is 1. The maximum absolute atomic E-state index is 11.9. The Kier molecular flexibility index (Phi) is 2.42. The van der Waals surface area contributed by atoms with E-state index in [1.54, 1.807) is 4.57 Å². The molecule has 0 bridgehead atoms. The molecule has 2 nitrogen and oxygen atoms in total. The molecule has 0 aliphatic heterocycles. The number of hydrogen-bond donors (Lipinski definition) is 0. The fourth-order valence-electron chi connectivity index (χ4n) is 1.67. The molecular formula is C13H13NO. The molecule has 0 aliphatic rings. The van der Waals surface area contributed by atoms with Crippen molar-refractivity contribution in [1.82, 2.24) is 4.57 Å². The third-order valence-corrected chi connectivity index (χ3v) is 2.37. The van der Waals surface area contributed by atoms with Crippen LogP contribution in [0.3, 0.4) is 0 Å². The van der Waals surface area contributed by atoms with Crippen molar-refractivity contribution in [3.05, 3.63) is 64.1 Å². The molecule has 2 heteroatoms. The van der Waals surface area contributed by atoms with E-state index in [0.29, 0.717) is 0 Å². The second-order valence-corrected chi connectivity index (χ2v) is 3.71. The van der Waals surface area contributed by atoms with Crippen LogP contribution in [0.25, 0.3) is 5.69 Å². The third kappa shape index (κ3) is 1.84. The third-order valence-electron chi connectivity index (χ3n) is 2.37. The van der Waals surface area contributed by atoms with Crippen molar-refractivity contribution < 1.29 is 0 Å². The molecule has 1 heterocycles. The quantitative estimate of drug-likeness (QED) is 0.691. The summed E-state index contributed by atoms with van der Waals surface area (Å²) >= 11 is 0. The average molecular weight is 199 g/mol. The van der Waals surface area contributed by atoms with Crippen molar-refractivity contribution in [2.45, 2.75) is 13.8 Å². The van der Waals surface area contributed by atoms with Gasteiger partial charge in [0.2, 0.25) is 0 Å². The summed E-state index contributed by atoms with van der Waals surface area (Å²) in [6.45, 7) is 3.83. The number of aryl methyl sites for hydroxylation is 2. The molecule has 0 spiro atoms.